The highest BCUT2D eigenvalue weighted by Gasteiger charge is 2.47. The SMILES string of the molecule is CCCN(CC1(CC#N)CC1)C1COCC1C(=O)O. The first kappa shape index (κ1) is 14.3. The van der Waals surface area contributed by atoms with E-state index in [4.69, 9.17) is 10.00 Å². The van der Waals surface area contributed by atoms with Gasteiger partial charge in [0.25, 0.3) is 0 Å². The van der Waals surface area contributed by atoms with E-state index in [1.807, 2.05) is 0 Å². The minimum absolute atomic E-state index is 0.0337. The van der Waals surface area contributed by atoms with Gasteiger partial charge in [-0.3, -0.25) is 9.69 Å². The number of carbonyl (C=O) groups is 1. The van der Waals surface area contributed by atoms with Gasteiger partial charge < -0.3 is 9.84 Å². The van der Waals surface area contributed by atoms with Crippen molar-refractivity contribution in [3.05, 3.63) is 0 Å². The summed E-state index contributed by atoms with van der Waals surface area (Å²) < 4.78 is 5.37. The van der Waals surface area contributed by atoms with E-state index >= 15 is 0 Å². The smallest absolute Gasteiger partial charge is 0.310 e. The van der Waals surface area contributed by atoms with E-state index in [0.29, 0.717) is 19.6 Å². The van der Waals surface area contributed by atoms with Crippen LogP contribution in [0.15, 0.2) is 0 Å². The molecule has 0 aromatic carbocycles. The number of aliphatic carboxylic acids is 1. The van der Waals surface area contributed by atoms with Gasteiger partial charge in [-0.2, -0.15) is 5.26 Å². The van der Waals surface area contributed by atoms with E-state index in [1.54, 1.807) is 0 Å². The van der Waals surface area contributed by atoms with Gasteiger partial charge in [-0.25, -0.2) is 0 Å². The van der Waals surface area contributed by atoms with Gasteiger partial charge in [0.1, 0.15) is 0 Å². The zero-order valence-corrected chi connectivity index (χ0v) is 11.5. The van der Waals surface area contributed by atoms with Crippen LogP contribution < -0.4 is 0 Å². The first-order valence-electron chi connectivity index (χ1n) is 7.03. The highest BCUT2D eigenvalue weighted by atomic mass is 16.5. The van der Waals surface area contributed by atoms with Gasteiger partial charge in [0.05, 0.1) is 25.2 Å². The molecule has 0 bridgehead atoms. The summed E-state index contributed by atoms with van der Waals surface area (Å²) in [5, 5.41) is 18.2. The van der Waals surface area contributed by atoms with Crippen LogP contribution in [0.3, 0.4) is 0 Å². The quantitative estimate of drug-likeness (QED) is 0.755. The molecule has 2 atom stereocenters. The van der Waals surface area contributed by atoms with Crippen molar-refractivity contribution in [2.24, 2.45) is 11.3 Å². The summed E-state index contributed by atoms with van der Waals surface area (Å²) in [5.74, 6) is -1.20. The molecule has 1 N–H and O–H groups in total. The number of carboxylic acid groups (broad SMARTS) is 1. The molecule has 0 aromatic rings. The second-order valence-corrected chi connectivity index (χ2v) is 5.85. The molecule has 1 heterocycles. The Morgan fingerprint density at radius 3 is 2.79 bits per heavy atom. The van der Waals surface area contributed by atoms with Crippen LogP contribution >= 0.6 is 0 Å². The second kappa shape index (κ2) is 5.89. The molecule has 0 radical (unpaired) electrons. The summed E-state index contributed by atoms with van der Waals surface area (Å²) in [6, 6.07) is 2.23. The number of nitrogens with zero attached hydrogens (tertiary/aromatic N) is 2. The van der Waals surface area contributed by atoms with E-state index in [-0.39, 0.29) is 11.5 Å². The zero-order chi connectivity index (χ0) is 13.9. The van der Waals surface area contributed by atoms with Crippen molar-refractivity contribution in [3.8, 4) is 6.07 Å². The third-order valence-electron chi connectivity index (χ3n) is 4.30. The van der Waals surface area contributed by atoms with Gasteiger partial charge in [0.15, 0.2) is 0 Å². The molecule has 1 saturated heterocycles. The van der Waals surface area contributed by atoms with E-state index < -0.39 is 11.9 Å². The zero-order valence-electron chi connectivity index (χ0n) is 11.5. The van der Waals surface area contributed by atoms with Crippen LogP contribution in [-0.4, -0.2) is 48.3 Å². The van der Waals surface area contributed by atoms with Crippen LogP contribution in [-0.2, 0) is 9.53 Å². The summed E-state index contributed by atoms with van der Waals surface area (Å²) in [6.45, 7) is 4.63. The lowest BCUT2D eigenvalue weighted by atomic mass is 9.97. The maximum absolute atomic E-state index is 11.3. The second-order valence-electron chi connectivity index (χ2n) is 5.85. The fourth-order valence-electron chi connectivity index (χ4n) is 2.95. The summed E-state index contributed by atoms with van der Waals surface area (Å²) in [6.07, 6.45) is 3.75. The molecule has 1 aliphatic carbocycles. The Hall–Kier alpha value is -1.12. The highest BCUT2D eigenvalue weighted by molar-refractivity contribution is 5.71. The fraction of sp³-hybridized carbons (Fsp3) is 0.857. The van der Waals surface area contributed by atoms with E-state index in [9.17, 15) is 9.90 Å². The van der Waals surface area contributed by atoms with Crippen LogP contribution in [0.4, 0.5) is 0 Å². The Bertz CT molecular complexity index is 373. The molecule has 1 saturated carbocycles. The van der Waals surface area contributed by atoms with Gasteiger partial charge in [-0.05, 0) is 31.2 Å². The monoisotopic (exact) mass is 266 g/mol. The summed E-state index contributed by atoms with van der Waals surface area (Å²) in [5.41, 5.74) is 0.121. The van der Waals surface area contributed by atoms with E-state index in [1.165, 1.54) is 0 Å². The van der Waals surface area contributed by atoms with Crippen molar-refractivity contribution in [2.45, 2.75) is 38.6 Å². The number of hydrogen-bond acceptors (Lipinski definition) is 4. The molecule has 2 rings (SSSR count). The molecular weight excluding hydrogens is 244 g/mol. The van der Waals surface area contributed by atoms with Crippen molar-refractivity contribution < 1.29 is 14.6 Å². The van der Waals surface area contributed by atoms with Gasteiger partial charge in [0.2, 0.25) is 0 Å². The lowest BCUT2D eigenvalue weighted by Gasteiger charge is -2.32. The number of rotatable bonds is 7. The highest BCUT2D eigenvalue weighted by Crippen LogP contribution is 2.49. The van der Waals surface area contributed by atoms with Crippen molar-refractivity contribution >= 4 is 5.97 Å². The molecule has 0 aromatic heterocycles. The predicted octanol–water partition coefficient (Wildman–Crippen LogP) is 1.49. The van der Waals surface area contributed by atoms with E-state index in [0.717, 1.165) is 32.4 Å². The van der Waals surface area contributed by atoms with Gasteiger partial charge in [0, 0.05) is 19.0 Å². The van der Waals surface area contributed by atoms with Gasteiger partial charge >= 0.3 is 5.97 Å². The Kier molecular flexibility index (Phi) is 4.43. The standard InChI is InChI=1S/C14H22N2O3/c1-2-7-16(10-14(3-4-14)5-6-15)12-9-19-8-11(12)13(17)18/h11-12H,2-5,7-10H2,1H3,(H,17,18). The third kappa shape index (κ3) is 3.26. The average molecular weight is 266 g/mol. The molecule has 2 aliphatic rings. The van der Waals surface area contributed by atoms with Crippen molar-refractivity contribution in [2.75, 3.05) is 26.3 Å². The molecule has 2 unspecified atom stereocenters. The Balaban J connectivity index is 2.03. The average Bonchev–Trinajstić information content (AvgIpc) is 2.94. The molecule has 5 nitrogen and oxygen atoms in total. The summed E-state index contributed by atoms with van der Waals surface area (Å²) in [4.78, 5) is 13.5. The maximum Gasteiger partial charge on any atom is 0.310 e. The molecule has 0 amide bonds. The fourth-order valence-corrected chi connectivity index (χ4v) is 2.95. The van der Waals surface area contributed by atoms with E-state index in [2.05, 4.69) is 17.9 Å². The summed E-state index contributed by atoms with van der Waals surface area (Å²) in [7, 11) is 0. The largest absolute Gasteiger partial charge is 0.481 e. The van der Waals surface area contributed by atoms with Crippen LogP contribution in [0.1, 0.15) is 32.6 Å². The topological polar surface area (TPSA) is 73.6 Å². The molecule has 2 fully saturated rings. The molecule has 1 aliphatic heterocycles. The third-order valence-corrected chi connectivity index (χ3v) is 4.30. The van der Waals surface area contributed by atoms with Crippen molar-refractivity contribution in [1.29, 1.82) is 5.26 Å². The van der Waals surface area contributed by atoms with Crippen LogP contribution in [0, 0.1) is 22.7 Å². The number of ether oxygens (including phenoxy) is 1. The van der Waals surface area contributed by atoms with Gasteiger partial charge in [-0.1, -0.05) is 6.92 Å². The number of nitriles is 1. The number of hydrogen-bond donors (Lipinski definition) is 1. The molecule has 19 heavy (non-hydrogen) atoms. The molecular formula is C14H22N2O3. The van der Waals surface area contributed by atoms with Crippen LogP contribution in [0.2, 0.25) is 0 Å². The molecule has 0 spiro atoms. The van der Waals surface area contributed by atoms with Crippen LogP contribution in [0.5, 0.6) is 0 Å². The minimum atomic E-state index is -0.770. The predicted molar refractivity (Wildman–Crippen MR) is 69.5 cm³/mol. The Labute approximate surface area is 114 Å². The Morgan fingerprint density at radius 1 is 1.53 bits per heavy atom. The van der Waals surface area contributed by atoms with Crippen LogP contribution in [0.25, 0.3) is 0 Å². The first-order valence-corrected chi connectivity index (χ1v) is 7.03. The summed E-state index contributed by atoms with van der Waals surface area (Å²) >= 11 is 0. The lowest BCUT2D eigenvalue weighted by Crippen LogP contribution is -2.46. The minimum Gasteiger partial charge on any atom is -0.481 e. The van der Waals surface area contributed by atoms with Crippen molar-refractivity contribution in [1.82, 2.24) is 4.90 Å². The lowest BCUT2D eigenvalue weighted by molar-refractivity contribution is -0.143. The molecule has 106 valence electrons. The van der Waals surface area contributed by atoms with Gasteiger partial charge in [-0.15, -0.1) is 0 Å². The normalized spacial score (nSPS) is 28.3. The van der Waals surface area contributed by atoms with Crippen molar-refractivity contribution in [3.63, 3.8) is 0 Å². The molecule has 5 heteroatoms. The number of carboxylic acids is 1. The maximum atomic E-state index is 11.3. The first-order chi connectivity index (χ1) is 9.12. The Morgan fingerprint density at radius 2 is 2.26 bits per heavy atom.